The van der Waals surface area contributed by atoms with E-state index in [0.717, 1.165) is 35.2 Å². The minimum Gasteiger partial charge on any atom is -0.348 e. The van der Waals surface area contributed by atoms with Crippen LogP contribution in [0.2, 0.25) is 5.02 Å². The Morgan fingerprint density at radius 1 is 1.21 bits per heavy atom. The second-order valence-corrected chi connectivity index (χ2v) is 9.54. The Morgan fingerprint density at radius 2 is 1.79 bits per heavy atom. The SMILES string of the molecule is C=C/C(CCC)=N/SN.C=CC.CC.CC.CS(=O)Nc1cc(Br)ccc1C(=O)NCc1ccc(F)cc1Cl. The summed E-state index contributed by atoms with van der Waals surface area (Å²) in [5, 5.41) is 8.07. The number of hydrogen-bond acceptors (Lipinski definition) is 5. The first kappa shape index (κ1) is 41.5. The molecular formula is C28H43BrClFN4O2S2. The fourth-order valence-electron chi connectivity index (χ4n) is 2.40. The molecule has 0 aromatic heterocycles. The largest absolute Gasteiger partial charge is 0.348 e. The molecule has 0 saturated carbocycles. The molecule has 2 rings (SSSR count). The van der Waals surface area contributed by atoms with E-state index < -0.39 is 16.8 Å². The molecule has 0 spiro atoms. The summed E-state index contributed by atoms with van der Waals surface area (Å²) in [4.78, 5) is 12.3. The molecule has 220 valence electrons. The number of rotatable bonds is 9. The highest BCUT2D eigenvalue weighted by molar-refractivity contribution is 9.10. The molecule has 1 amide bonds. The summed E-state index contributed by atoms with van der Waals surface area (Å²) in [5.74, 6) is -0.791. The van der Waals surface area contributed by atoms with Crippen LogP contribution in [-0.2, 0) is 17.5 Å². The minimum absolute atomic E-state index is 0.155. The summed E-state index contributed by atoms with van der Waals surface area (Å²) in [6, 6.07) is 8.97. The van der Waals surface area contributed by atoms with Gasteiger partial charge in [0.1, 0.15) is 16.8 Å². The molecule has 2 aromatic carbocycles. The second kappa shape index (κ2) is 27.6. The molecule has 4 N–H and O–H groups in total. The number of hydrogen-bond donors (Lipinski definition) is 3. The fourth-order valence-corrected chi connectivity index (χ4v) is 3.77. The van der Waals surface area contributed by atoms with Crippen molar-refractivity contribution < 1.29 is 13.4 Å². The van der Waals surface area contributed by atoms with Gasteiger partial charge in [-0.2, -0.15) is 0 Å². The Hall–Kier alpha value is -1.98. The lowest BCUT2D eigenvalue weighted by Gasteiger charge is -2.12. The third-order valence-electron chi connectivity index (χ3n) is 3.85. The van der Waals surface area contributed by atoms with Crippen LogP contribution in [0.25, 0.3) is 0 Å². The topological polar surface area (TPSA) is 96.6 Å². The van der Waals surface area contributed by atoms with E-state index in [9.17, 15) is 13.4 Å². The standard InChI is InChI=1S/C15H13BrClFN2O2S.C6H12N2S.C3H6.2C2H6/c1-23(22)20-14-6-10(16)3-5-12(14)15(21)19-8-9-2-4-11(18)7-13(9)17;1-3-5-6(4-2)8-9-7;1-3-2;2*1-2/h2-7,20H,8H2,1H3,(H,19,21);4H,2-3,5,7H2,1H3;3H,1H2,2H3;2*1-2H3/b;8-6-;;;. The predicted octanol–water partition coefficient (Wildman–Crippen LogP) is 9.06. The number of nitrogens with two attached hydrogens (primary N) is 1. The molecule has 1 atom stereocenters. The summed E-state index contributed by atoms with van der Waals surface area (Å²) in [5.41, 5.74) is 2.38. The lowest BCUT2D eigenvalue weighted by Crippen LogP contribution is -2.24. The van der Waals surface area contributed by atoms with Gasteiger partial charge in [0, 0.05) is 28.0 Å². The van der Waals surface area contributed by atoms with Crippen molar-refractivity contribution in [2.24, 2.45) is 9.54 Å². The van der Waals surface area contributed by atoms with Crippen molar-refractivity contribution in [2.45, 2.75) is 60.9 Å². The number of anilines is 1. The fraction of sp³-hybridized carbons (Fsp3) is 0.357. The maximum atomic E-state index is 13.0. The number of nitrogens with zero attached hydrogens (tertiary/aromatic N) is 1. The third-order valence-corrected chi connectivity index (χ3v) is 5.54. The molecule has 0 aliphatic carbocycles. The molecule has 2 aromatic rings. The van der Waals surface area contributed by atoms with Crippen LogP contribution in [0.1, 0.15) is 70.3 Å². The van der Waals surface area contributed by atoms with Crippen LogP contribution in [-0.4, -0.2) is 22.1 Å². The van der Waals surface area contributed by atoms with Crippen LogP contribution >= 0.6 is 39.7 Å². The average Bonchev–Trinajstić information content (AvgIpc) is 2.91. The van der Waals surface area contributed by atoms with Gasteiger partial charge in [-0.1, -0.05) is 87.3 Å². The van der Waals surface area contributed by atoms with Gasteiger partial charge in [0.05, 0.1) is 23.4 Å². The molecular weight excluding hydrogens is 623 g/mol. The Kier molecular flexibility index (Phi) is 29.4. The van der Waals surface area contributed by atoms with Crippen molar-refractivity contribution >= 4 is 68.0 Å². The van der Waals surface area contributed by atoms with E-state index in [0.29, 0.717) is 16.8 Å². The summed E-state index contributed by atoms with van der Waals surface area (Å²) in [6.45, 7) is 19.1. The van der Waals surface area contributed by atoms with Crippen molar-refractivity contribution in [3.63, 3.8) is 0 Å². The molecule has 0 aliphatic heterocycles. The lowest BCUT2D eigenvalue weighted by molar-refractivity contribution is 0.0952. The number of allylic oxidation sites excluding steroid dienone is 2. The van der Waals surface area contributed by atoms with E-state index in [2.05, 4.69) is 50.4 Å². The van der Waals surface area contributed by atoms with E-state index in [-0.39, 0.29) is 17.5 Å². The molecule has 1 unspecified atom stereocenters. The molecule has 11 heteroatoms. The highest BCUT2D eigenvalue weighted by Crippen LogP contribution is 2.22. The van der Waals surface area contributed by atoms with Gasteiger partial charge in [0.15, 0.2) is 0 Å². The molecule has 0 aliphatic rings. The normalized spacial score (nSPS) is 10.3. The summed E-state index contributed by atoms with van der Waals surface area (Å²) >= 11 is 10.2. The van der Waals surface area contributed by atoms with Crippen LogP contribution in [0.15, 0.2) is 70.6 Å². The first-order chi connectivity index (χ1) is 18.6. The zero-order valence-corrected chi connectivity index (χ0v) is 27.9. The Morgan fingerprint density at radius 3 is 2.26 bits per heavy atom. The van der Waals surface area contributed by atoms with Gasteiger partial charge < -0.3 is 10.0 Å². The Labute approximate surface area is 255 Å². The third kappa shape index (κ3) is 20.6. The molecule has 6 nitrogen and oxygen atoms in total. The molecule has 0 saturated heterocycles. The van der Waals surface area contributed by atoms with Gasteiger partial charge in [-0.25, -0.2) is 13.0 Å². The molecule has 39 heavy (non-hydrogen) atoms. The zero-order valence-electron chi connectivity index (χ0n) is 23.9. The monoisotopic (exact) mass is 664 g/mol. The van der Waals surface area contributed by atoms with Crippen molar-refractivity contribution in [3.05, 3.63) is 88.1 Å². The number of carbonyl (C=O) groups excluding carboxylic acids is 1. The van der Waals surface area contributed by atoms with Crippen LogP contribution in [0, 0.1) is 5.82 Å². The summed E-state index contributed by atoms with van der Waals surface area (Å²) in [6.07, 6.45) is 7.02. The van der Waals surface area contributed by atoms with Gasteiger partial charge in [-0.05, 0) is 55.3 Å². The van der Waals surface area contributed by atoms with Gasteiger partial charge in [0.2, 0.25) is 0 Å². The maximum Gasteiger partial charge on any atom is 0.253 e. The van der Waals surface area contributed by atoms with E-state index in [1.807, 2.05) is 34.6 Å². The van der Waals surface area contributed by atoms with Gasteiger partial charge in [0.25, 0.3) is 5.91 Å². The van der Waals surface area contributed by atoms with Crippen LogP contribution in [0.5, 0.6) is 0 Å². The molecule has 0 fully saturated rings. The van der Waals surface area contributed by atoms with Crippen molar-refractivity contribution in [2.75, 3.05) is 11.0 Å². The highest BCUT2D eigenvalue weighted by atomic mass is 79.9. The van der Waals surface area contributed by atoms with E-state index >= 15 is 0 Å². The first-order valence-corrected chi connectivity index (χ1v) is 15.9. The second-order valence-electron chi connectivity index (χ2n) is 6.71. The molecule has 0 heterocycles. The Bertz CT molecular complexity index is 1040. The highest BCUT2D eigenvalue weighted by Gasteiger charge is 2.13. The maximum absolute atomic E-state index is 13.0. The van der Waals surface area contributed by atoms with Gasteiger partial charge >= 0.3 is 0 Å². The number of amides is 1. The number of carbonyl (C=O) groups is 1. The zero-order chi connectivity index (χ0) is 30.8. The van der Waals surface area contributed by atoms with Gasteiger partial charge in [-0.15, -0.1) is 6.58 Å². The minimum atomic E-state index is -1.31. The molecule has 0 radical (unpaired) electrons. The van der Waals surface area contributed by atoms with Crippen molar-refractivity contribution in [1.29, 1.82) is 0 Å². The number of halogens is 3. The quantitative estimate of drug-likeness (QED) is 0.141. The molecule has 0 bridgehead atoms. The van der Waals surface area contributed by atoms with Crippen LogP contribution < -0.4 is 15.2 Å². The van der Waals surface area contributed by atoms with Gasteiger partial charge in [-0.3, -0.25) is 9.93 Å². The van der Waals surface area contributed by atoms with Crippen LogP contribution in [0.3, 0.4) is 0 Å². The van der Waals surface area contributed by atoms with Crippen molar-refractivity contribution in [1.82, 2.24) is 5.32 Å². The number of nitrogens with one attached hydrogen (secondary N) is 2. The van der Waals surface area contributed by atoms with Crippen LogP contribution in [0.4, 0.5) is 10.1 Å². The lowest BCUT2D eigenvalue weighted by atomic mass is 10.1. The van der Waals surface area contributed by atoms with Crippen molar-refractivity contribution in [3.8, 4) is 0 Å². The van der Waals surface area contributed by atoms with E-state index in [1.54, 1.807) is 30.4 Å². The first-order valence-electron chi connectivity index (χ1n) is 12.4. The summed E-state index contributed by atoms with van der Waals surface area (Å²) < 4.78 is 31.8. The number of benzene rings is 2. The van der Waals surface area contributed by atoms with E-state index in [4.69, 9.17) is 16.7 Å². The average molecular weight is 666 g/mol. The van der Waals surface area contributed by atoms with E-state index in [1.165, 1.54) is 24.5 Å². The summed E-state index contributed by atoms with van der Waals surface area (Å²) in [7, 11) is -1.31. The Balaban J connectivity index is -0.000000675. The smallest absolute Gasteiger partial charge is 0.253 e. The predicted molar refractivity (Wildman–Crippen MR) is 177 cm³/mol.